The second-order valence-corrected chi connectivity index (χ2v) is 6.59. The van der Waals surface area contributed by atoms with E-state index < -0.39 is 4.92 Å². The molecule has 1 N–H and O–H groups in total. The van der Waals surface area contributed by atoms with Crippen LogP contribution in [0.25, 0.3) is 0 Å². The van der Waals surface area contributed by atoms with Gasteiger partial charge in [-0.2, -0.15) is 0 Å². The van der Waals surface area contributed by atoms with E-state index in [1.54, 1.807) is 25.3 Å². The van der Waals surface area contributed by atoms with Crippen molar-refractivity contribution in [2.75, 3.05) is 24.6 Å². The summed E-state index contributed by atoms with van der Waals surface area (Å²) < 4.78 is 5.53. The van der Waals surface area contributed by atoms with Gasteiger partial charge in [-0.25, -0.2) is 4.98 Å². The third-order valence-electron chi connectivity index (χ3n) is 4.50. The Morgan fingerprint density at radius 2 is 2.22 bits per heavy atom. The Labute approximate surface area is 157 Å². The van der Waals surface area contributed by atoms with Gasteiger partial charge in [0.15, 0.2) is 0 Å². The van der Waals surface area contributed by atoms with Gasteiger partial charge in [0, 0.05) is 43.0 Å². The van der Waals surface area contributed by atoms with Gasteiger partial charge in [-0.1, -0.05) is 12.1 Å². The first-order valence-electron chi connectivity index (χ1n) is 8.79. The summed E-state index contributed by atoms with van der Waals surface area (Å²) in [6.07, 6.45) is 1.91. The molecule has 0 radical (unpaired) electrons. The Hall–Kier alpha value is -3.00. The van der Waals surface area contributed by atoms with Crippen LogP contribution in [-0.2, 0) is 11.3 Å². The van der Waals surface area contributed by atoms with Crippen molar-refractivity contribution in [1.82, 2.24) is 10.3 Å². The second kappa shape index (κ2) is 8.13. The van der Waals surface area contributed by atoms with E-state index in [0.717, 1.165) is 24.5 Å². The van der Waals surface area contributed by atoms with Crippen LogP contribution >= 0.6 is 0 Å². The van der Waals surface area contributed by atoms with Crippen molar-refractivity contribution >= 4 is 17.4 Å². The lowest BCUT2D eigenvalue weighted by Crippen LogP contribution is -2.41. The first-order chi connectivity index (χ1) is 12.9. The fourth-order valence-electron chi connectivity index (χ4n) is 2.97. The number of aromatic nitrogens is 1. The number of nitro benzene ring substituents is 1. The molecule has 1 aliphatic heterocycles. The van der Waals surface area contributed by atoms with E-state index in [4.69, 9.17) is 4.74 Å². The molecule has 0 aliphatic carbocycles. The molecule has 1 aromatic carbocycles. The summed E-state index contributed by atoms with van der Waals surface area (Å²) in [5.74, 6) is 0.526. The maximum atomic E-state index is 12.3. The number of nitro groups is 1. The molecule has 8 nitrogen and oxygen atoms in total. The van der Waals surface area contributed by atoms with Gasteiger partial charge in [-0.15, -0.1) is 0 Å². The molecule has 8 heteroatoms. The Morgan fingerprint density at radius 3 is 2.89 bits per heavy atom. The summed E-state index contributed by atoms with van der Waals surface area (Å²) in [6, 6.07) is 8.30. The number of hydrogen-bond acceptors (Lipinski definition) is 6. The number of benzene rings is 1. The van der Waals surface area contributed by atoms with Crippen molar-refractivity contribution in [1.29, 1.82) is 0 Å². The van der Waals surface area contributed by atoms with Crippen LogP contribution in [0, 0.1) is 17.0 Å². The first kappa shape index (κ1) is 18.8. The Bertz CT molecular complexity index is 838. The number of morpholine rings is 1. The Kier molecular flexibility index (Phi) is 5.66. The summed E-state index contributed by atoms with van der Waals surface area (Å²) >= 11 is 0. The van der Waals surface area contributed by atoms with E-state index in [0.29, 0.717) is 18.7 Å². The minimum atomic E-state index is -0.485. The molecular formula is C19H22N4O4. The SMILES string of the molecule is Cc1ccc(C(=O)NCc2ccc(N3CCOC(C)C3)nc2)cc1[N+](=O)[O-]. The third kappa shape index (κ3) is 4.59. The van der Waals surface area contributed by atoms with Crippen LogP contribution in [0.4, 0.5) is 11.5 Å². The number of carbonyl (C=O) groups is 1. The van der Waals surface area contributed by atoms with E-state index >= 15 is 0 Å². The van der Waals surface area contributed by atoms with Gasteiger partial charge in [-0.3, -0.25) is 14.9 Å². The number of nitrogens with zero attached hydrogens (tertiary/aromatic N) is 3. The zero-order valence-corrected chi connectivity index (χ0v) is 15.3. The topological polar surface area (TPSA) is 97.6 Å². The summed E-state index contributed by atoms with van der Waals surface area (Å²) in [7, 11) is 0. The number of nitrogens with one attached hydrogen (secondary N) is 1. The molecule has 1 unspecified atom stereocenters. The van der Waals surface area contributed by atoms with Crippen molar-refractivity contribution in [2.24, 2.45) is 0 Å². The highest BCUT2D eigenvalue weighted by Crippen LogP contribution is 2.19. The van der Waals surface area contributed by atoms with Gasteiger partial charge in [0.05, 0.1) is 17.6 Å². The molecule has 1 amide bonds. The van der Waals surface area contributed by atoms with Gasteiger partial charge in [0.1, 0.15) is 5.82 Å². The molecule has 142 valence electrons. The lowest BCUT2D eigenvalue weighted by atomic mass is 10.1. The number of anilines is 1. The maximum Gasteiger partial charge on any atom is 0.273 e. The molecule has 1 aliphatic rings. The van der Waals surface area contributed by atoms with E-state index in [2.05, 4.69) is 15.2 Å². The summed E-state index contributed by atoms with van der Waals surface area (Å²) in [5, 5.41) is 13.8. The predicted molar refractivity (Wildman–Crippen MR) is 101 cm³/mol. The molecule has 1 aromatic heterocycles. The number of carbonyl (C=O) groups excluding carboxylic acids is 1. The molecule has 0 spiro atoms. The lowest BCUT2D eigenvalue weighted by molar-refractivity contribution is -0.385. The van der Waals surface area contributed by atoms with E-state index in [-0.39, 0.29) is 23.3 Å². The quantitative estimate of drug-likeness (QED) is 0.641. The number of amides is 1. The molecule has 27 heavy (non-hydrogen) atoms. The Morgan fingerprint density at radius 1 is 1.41 bits per heavy atom. The largest absolute Gasteiger partial charge is 0.375 e. The lowest BCUT2D eigenvalue weighted by Gasteiger charge is -2.32. The Balaban J connectivity index is 1.60. The van der Waals surface area contributed by atoms with Crippen molar-refractivity contribution in [2.45, 2.75) is 26.5 Å². The number of pyridine rings is 1. The van der Waals surface area contributed by atoms with Gasteiger partial charge >= 0.3 is 0 Å². The summed E-state index contributed by atoms with van der Waals surface area (Å²) in [4.78, 5) is 29.4. The average molecular weight is 370 g/mol. The fraction of sp³-hybridized carbons (Fsp3) is 0.368. The summed E-state index contributed by atoms with van der Waals surface area (Å²) in [5.41, 5.74) is 1.58. The monoisotopic (exact) mass is 370 g/mol. The van der Waals surface area contributed by atoms with Crippen LogP contribution in [0.1, 0.15) is 28.4 Å². The van der Waals surface area contributed by atoms with Crippen LogP contribution in [0.2, 0.25) is 0 Å². The molecule has 3 rings (SSSR count). The molecule has 0 bridgehead atoms. The van der Waals surface area contributed by atoms with E-state index in [1.807, 2.05) is 19.1 Å². The highest BCUT2D eigenvalue weighted by atomic mass is 16.6. The van der Waals surface area contributed by atoms with Gasteiger partial charge < -0.3 is 15.0 Å². The van der Waals surface area contributed by atoms with Crippen molar-refractivity contribution in [3.8, 4) is 0 Å². The highest BCUT2D eigenvalue weighted by molar-refractivity contribution is 5.94. The van der Waals surface area contributed by atoms with Crippen LogP contribution in [-0.4, -0.2) is 41.6 Å². The zero-order chi connectivity index (χ0) is 19.4. The van der Waals surface area contributed by atoms with Gasteiger partial charge in [0.25, 0.3) is 11.6 Å². The number of hydrogen-bond donors (Lipinski definition) is 1. The van der Waals surface area contributed by atoms with Crippen molar-refractivity contribution in [3.63, 3.8) is 0 Å². The number of ether oxygens (including phenoxy) is 1. The number of aryl methyl sites for hydroxylation is 1. The molecule has 1 saturated heterocycles. The van der Waals surface area contributed by atoms with Gasteiger partial charge in [-0.05, 0) is 31.5 Å². The minimum Gasteiger partial charge on any atom is -0.375 e. The second-order valence-electron chi connectivity index (χ2n) is 6.59. The van der Waals surface area contributed by atoms with E-state index in [9.17, 15) is 14.9 Å². The van der Waals surface area contributed by atoms with Crippen molar-refractivity contribution < 1.29 is 14.5 Å². The molecule has 1 fully saturated rings. The first-order valence-corrected chi connectivity index (χ1v) is 8.79. The van der Waals surface area contributed by atoms with E-state index in [1.165, 1.54) is 6.07 Å². The molecule has 2 heterocycles. The zero-order valence-electron chi connectivity index (χ0n) is 15.3. The van der Waals surface area contributed by atoms with Crippen molar-refractivity contribution in [3.05, 3.63) is 63.3 Å². The summed E-state index contributed by atoms with van der Waals surface area (Å²) in [6.45, 7) is 6.26. The normalized spacial score (nSPS) is 16.8. The van der Waals surface area contributed by atoms with Crippen LogP contribution < -0.4 is 10.2 Å². The average Bonchev–Trinajstić information content (AvgIpc) is 2.66. The predicted octanol–water partition coefficient (Wildman–Crippen LogP) is 2.45. The number of rotatable bonds is 5. The molecule has 2 aromatic rings. The van der Waals surface area contributed by atoms with Gasteiger partial charge in [0.2, 0.25) is 0 Å². The van der Waals surface area contributed by atoms with Crippen LogP contribution in [0.5, 0.6) is 0 Å². The standard InChI is InChI=1S/C19H22N4O4/c1-13-3-5-16(9-17(13)23(25)26)19(24)21-11-15-4-6-18(20-10-15)22-7-8-27-14(2)12-22/h3-6,9-10,14H,7-8,11-12H2,1-2H3,(H,21,24). The smallest absolute Gasteiger partial charge is 0.273 e. The molecular weight excluding hydrogens is 348 g/mol. The van der Waals surface area contributed by atoms with Crippen LogP contribution in [0.3, 0.4) is 0 Å². The van der Waals surface area contributed by atoms with Crippen LogP contribution in [0.15, 0.2) is 36.5 Å². The molecule has 0 saturated carbocycles. The highest BCUT2D eigenvalue weighted by Gasteiger charge is 2.18. The fourth-order valence-corrected chi connectivity index (χ4v) is 2.97. The molecule has 1 atom stereocenters. The maximum absolute atomic E-state index is 12.3. The third-order valence-corrected chi connectivity index (χ3v) is 4.50. The minimum absolute atomic E-state index is 0.0617.